The molecule has 0 fully saturated rings. The minimum Gasteiger partial charge on any atom is -0.505 e. The summed E-state index contributed by atoms with van der Waals surface area (Å²) in [5, 5.41) is 17.7. The van der Waals surface area contributed by atoms with E-state index in [1.165, 1.54) is 0 Å². The van der Waals surface area contributed by atoms with Crippen molar-refractivity contribution in [3.8, 4) is 11.8 Å². The molecular weight excluding hydrogens is 192 g/mol. The summed E-state index contributed by atoms with van der Waals surface area (Å²) in [4.78, 5) is 3.33. The molecule has 0 bridgehead atoms. The van der Waals surface area contributed by atoms with E-state index in [9.17, 15) is 8.78 Å². The third kappa shape index (κ3) is 1.63. The molecule has 3 N–H and O–H groups in total. The molecule has 1 heterocycles. The number of alkyl halides is 2. The van der Waals surface area contributed by atoms with Gasteiger partial charge < -0.3 is 10.8 Å². The van der Waals surface area contributed by atoms with Gasteiger partial charge in [0.1, 0.15) is 17.3 Å². The van der Waals surface area contributed by atoms with Crippen LogP contribution in [-0.4, -0.2) is 10.1 Å². The van der Waals surface area contributed by atoms with E-state index in [2.05, 4.69) is 4.98 Å². The van der Waals surface area contributed by atoms with Crippen molar-refractivity contribution in [3.05, 3.63) is 23.0 Å². The molecule has 0 aliphatic heterocycles. The van der Waals surface area contributed by atoms with Gasteiger partial charge in [0.15, 0.2) is 5.75 Å². The monoisotopic (exact) mass is 199 g/mol. The molecule has 0 aliphatic rings. The van der Waals surface area contributed by atoms with Crippen molar-refractivity contribution in [2.24, 2.45) is 5.73 Å². The molecule has 74 valence electrons. The van der Waals surface area contributed by atoms with Gasteiger partial charge in [-0.25, -0.2) is 8.78 Å². The maximum atomic E-state index is 12.4. The Morgan fingerprint density at radius 2 is 2.29 bits per heavy atom. The predicted octanol–water partition coefficient (Wildman–Crippen LogP) is 1.06. The zero-order chi connectivity index (χ0) is 10.7. The second-order valence-electron chi connectivity index (χ2n) is 2.50. The van der Waals surface area contributed by atoms with Crippen LogP contribution in [0.25, 0.3) is 0 Å². The number of rotatable bonds is 2. The van der Waals surface area contributed by atoms with E-state index in [1.54, 1.807) is 6.07 Å². The van der Waals surface area contributed by atoms with Gasteiger partial charge in [-0.2, -0.15) is 5.26 Å². The molecule has 4 nitrogen and oxygen atoms in total. The molecular formula is C8H7F2N3O. The van der Waals surface area contributed by atoms with Gasteiger partial charge in [-0.1, -0.05) is 0 Å². The Labute approximate surface area is 78.6 Å². The summed E-state index contributed by atoms with van der Waals surface area (Å²) < 4.78 is 24.7. The third-order valence-electron chi connectivity index (χ3n) is 1.72. The Hall–Kier alpha value is -1.74. The van der Waals surface area contributed by atoms with E-state index < -0.39 is 17.9 Å². The van der Waals surface area contributed by atoms with E-state index in [1.807, 2.05) is 0 Å². The first-order valence-electron chi connectivity index (χ1n) is 3.70. The Balaban J connectivity index is 3.42. The van der Waals surface area contributed by atoms with E-state index in [4.69, 9.17) is 16.1 Å². The summed E-state index contributed by atoms with van der Waals surface area (Å²) in [5.74, 6) is -0.433. The van der Waals surface area contributed by atoms with Crippen LogP contribution in [-0.2, 0) is 6.54 Å². The fourth-order valence-corrected chi connectivity index (χ4v) is 1.08. The lowest BCUT2D eigenvalue weighted by Crippen LogP contribution is -2.07. The normalized spacial score (nSPS) is 10.2. The van der Waals surface area contributed by atoms with Gasteiger partial charge in [0.05, 0.1) is 6.20 Å². The van der Waals surface area contributed by atoms with E-state index in [0.717, 1.165) is 6.20 Å². The number of nitrogens with two attached hydrogens (primary N) is 1. The summed E-state index contributed by atoms with van der Waals surface area (Å²) in [6.45, 7) is -0.260. The summed E-state index contributed by atoms with van der Waals surface area (Å²) in [6.07, 6.45) is -1.99. The molecule has 0 saturated carbocycles. The SMILES string of the molecule is N#Cc1c(O)cnc(C(F)F)c1CN. The Morgan fingerprint density at radius 1 is 1.64 bits per heavy atom. The van der Waals surface area contributed by atoms with Gasteiger partial charge in [-0.3, -0.25) is 4.98 Å². The molecule has 1 aromatic heterocycles. The van der Waals surface area contributed by atoms with Crippen molar-refractivity contribution in [1.82, 2.24) is 4.98 Å². The number of aromatic nitrogens is 1. The Kier molecular flexibility index (Phi) is 2.94. The van der Waals surface area contributed by atoms with Gasteiger partial charge in [0.25, 0.3) is 6.43 Å². The summed E-state index contributed by atoms with van der Waals surface area (Å²) in [7, 11) is 0. The predicted molar refractivity (Wildman–Crippen MR) is 43.5 cm³/mol. The number of nitrogens with zero attached hydrogens (tertiary/aromatic N) is 2. The highest BCUT2D eigenvalue weighted by Gasteiger charge is 2.19. The lowest BCUT2D eigenvalue weighted by molar-refractivity contribution is 0.144. The highest BCUT2D eigenvalue weighted by Crippen LogP contribution is 2.27. The fraction of sp³-hybridized carbons (Fsp3) is 0.250. The molecule has 0 aromatic carbocycles. The second kappa shape index (κ2) is 3.98. The molecule has 0 saturated heterocycles. The van der Waals surface area contributed by atoms with Crippen LogP contribution in [0.3, 0.4) is 0 Å². The quantitative estimate of drug-likeness (QED) is 0.745. The van der Waals surface area contributed by atoms with Crippen molar-refractivity contribution >= 4 is 0 Å². The maximum absolute atomic E-state index is 12.4. The molecule has 0 unspecified atom stereocenters. The standard InChI is InChI=1S/C8H7F2N3O/c9-8(10)7-5(2-12)4(1-11)6(14)3-13-7/h3,8,14H,2,12H2. The third-order valence-corrected chi connectivity index (χ3v) is 1.72. The molecule has 6 heteroatoms. The minimum absolute atomic E-state index is 0.109. The summed E-state index contributed by atoms with van der Waals surface area (Å²) in [5.41, 5.74) is 4.30. The summed E-state index contributed by atoms with van der Waals surface area (Å²) in [6, 6.07) is 1.61. The average molecular weight is 199 g/mol. The van der Waals surface area contributed by atoms with Gasteiger partial charge >= 0.3 is 0 Å². The van der Waals surface area contributed by atoms with Gasteiger partial charge in [0, 0.05) is 12.1 Å². The smallest absolute Gasteiger partial charge is 0.280 e. The largest absolute Gasteiger partial charge is 0.505 e. The molecule has 0 spiro atoms. The van der Waals surface area contributed by atoms with Crippen molar-refractivity contribution < 1.29 is 13.9 Å². The first-order chi connectivity index (χ1) is 6.61. The van der Waals surface area contributed by atoms with Crippen molar-refractivity contribution in [2.45, 2.75) is 13.0 Å². The minimum atomic E-state index is -2.80. The van der Waals surface area contributed by atoms with Crippen molar-refractivity contribution in [1.29, 1.82) is 5.26 Å². The van der Waals surface area contributed by atoms with Crippen LogP contribution >= 0.6 is 0 Å². The number of hydrogen-bond donors (Lipinski definition) is 2. The van der Waals surface area contributed by atoms with Crippen LogP contribution in [0.1, 0.15) is 23.2 Å². The van der Waals surface area contributed by atoms with Crippen molar-refractivity contribution in [3.63, 3.8) is 0 Å². The average Bonchev–Trinajstić information content (AvgIpc) is 2.16. The van der Waals surface area contributed by atoms with E-state index >= 15 is 0 Å². The first-order valence-corrected chi connectivity index (χ1v) is 3.70. The highest BCUT2D eigenvalue weighted by atomic mass is 19.3. The number of aromatic hydroxyl groups is 1. The molecule has 1 aromatic rings. The Bertz CT molecular complexity index is 387. The lowest BCUT2D eigenvalue weighted by Gasteiger charge is -2.08. The van der Waals surface area contributed by atoms with Crippen LogP contribution in [0.4, 0.5) is 8.78 Å². The number of hydrogen-bond acceptors (Lipinski definition) is 4. The van der Waals surface area contributed by atoms with Gasteiger partial charge in [0.2, 0.25) is 0 Å². The zero-order valence-corrected chi connectivity index (χ0v) is 7.04. The molecule has 0 atom stereocenters. The van der Waals surface area contributed by atoms with E-state index in [-0.39, 0.29) is 17.7 Å². The lowest BCUT2D eigenvalue weighted by atomic mass is 10.1. The van der Waals surface area contributed by atoms with Crippen molar-refractivity contribution in [2.75, 3.05) is 0 Å². The summed E-state index contributed by atoms with van der Waals surface area (Å²) >= 11 is 0. The van der Waals surface area contributed by atoms with E-state index in [0.29, 0.717) is 0 Å². The van der Waals surface area contributed by atoms with Gasteiger partial charge in [-0.05, 0) is 0 Å². The molecule has 1 rings (SSSR count). The second-order valence-corrected chi connectivity index (χ2v) is 2.50. The molecule has 0 aliphatic carbocycles. The topological polar surface area (TPSA) is 82.9 Å². The number of pyridine rings is 1. The number of nitriles is 1. The number of halogens is 2. The molecule has 14 heavy (non-hydrogen) atoms. The molecule has 0 radical (unpaired) electrons. The van der Waals surface area contributed by atoms with Crippen LogP contribution in [0.5, 0.6) is 5.75 Å². The zero-order valence-electron chi connectivity index (χ0n) is 7.04. The van der Waals surface area contributed by atoms with Crippen LogP contribution in [0.15, 0.2) is 6.20 Å². The van der Waals surface area contributed by atoms with Gasteiger partial charge in [-0.15, -0.1) is 0 Å². The molecule has 0 amide bonds. The van der Waals surface area contributed by atoms with Crippen LogP contribution in [0.2, 0.25) is 0 Å². The fourth-order valence-electron chi connectivity index (χ4n) is 1.08. The Morgan fingerprint density at radius 3 is 2.71 bits per heavy atom. The highest BCUT2D eigenvalue weighted by molar-refractivity contribution is 5.48. The van der Waals surface area contributed by atoms with Crippen LogP contribution in [0, 0.1) is 11.3 Å². The first kappa shape index (κ1) is 10.3. The van der Waals surface area contributed by atoms with Crippen LogP contribution < -0.4 is 5.73 Å². The maximum Gasteiger partial charge on any atom is 0.280 e.